The van der Waals surface area contributed by atoms with Crippen molar-refractivity contribution in [3.63, 3.8) is 0 Å². The molecule has 7 heteroatoms. The van der Waals surface area contributed by atoms with Crippen molar-refractivity contribution in [3.8, 4) is 11.1 Å². The summed E-state index contributed by atoms with van der Waals surface area (Å²) in [7, 11) is 1.93. The predicted octanol–water partition coefficient (Wildman–Crippen LogP) is 3.38. The molecule has 158 valence electrons. The summed E-state index contributed by atoms with van der Waals surface area (Å²) < 4.78 is 1.82. The normalized spacial score (nSPS) is 11.2. The van der Waals surface area contributed by atoms with Crippen LogP contribution in [0.2, 0.25) is 0 Å². The van der Waals surface area contributed by atoms with Crippen LogP contribution in [-0.2, 0) is 6.54 Å². The molecule has 0 saturated heterocycles. The van der Waals surface area contributed by atoms with Gasteiger partial charge in [0.25, 0.3) is 5.91 Å². The molecule has 2 N–H and O–H groups in total. The molecule has 0 radical (unpaired) electrons. The molecule has 2 heterocycles. The van der Waals surface area contributed by atoms with Crippen molar-refractivity contribution in [1.29, 1.82) is 0 Å². The fourth-order valence-corrected chi connectivity index (χ4v) is 3.69. The minimum absolute atomic E-state index is 0.0870. The van der Waals surface area contributed by atoms with E-state index in [1.54, 1.807) is 12.4 Å². The first-order valence-electron chi connectivity index (χ1n) is 10.2. The second-order valence-corrected chi connectivity index (χ2v) is 7.52. The van der Waals surface area contributed by atoms with Crippen molar-refractivity contribution in [3.05, 3.63) is 83.8 Å². The highest BCUT2D eigenvalue weighted by atomic mass is 16.3. The summed E-state index contributed by atoms with van der Waals surface area (Å²) in [4.78, 5) is 15.1. The maximum Gasteiger partial charge on any atom is 0.259 e. The summed E-state index contributed by atoms with van der Waals surface area (Å²) in [5.41, 5.74) is 5.84. The van der Waals surface area contributed by atoms with Gasteiger partial charge in [-0.05, 0) is 48.9 Å². The van der Waals surface area contributed by atoms with E-state index in [1.807, 2.05) is 59.7 Å². The van der Waals surface area contributed by atoms with Gasteiger partial charge in [0.1, 0.15) is 6.33 Å². The maximum atomic E-state index is 13.1. The van der Waals surface area contributed by atoms with E-state index < -0.39 is 0 Å². The first-order valence-corrected chi connectivity index (χ1v) is 10.2. The fraction of sp³-hybridized carbons (Fsp3) is 0.208. The Balaban J connectivity index is 1.62. The summed E-state index contributed by atoms with van der Waals surface area (Å²) in [5.74, 6) is -0.235. The third-order valence-electron chi connectivity index (χ3n) is 5.37. The number of benzene rings is 2. The third-order valence-corrected chi connectivity index (χ3v) is 5.37. The van der Waals surface area contributed by atoms with E-state index in [9.17, 15) is 4.79 Å². The number of aliphatic hydroxyl groups is 1. The maximum absolute atomic E-state index is 13.1. The fourth-order valence-electron chi connectivity index (χ4n) is 3.69. The number of hydrogen-bond donors (Lipinski definition) is 2. The van der Waals surface area contributed by atoms with Gasteiger partial charge in [-0.2, -0.15) is 0 Å². The molecular weight excluding hydrogens is 390 g/mol. The van der Waals surface area contributed by atoms with E-state index >= 15 is 0 Å². The Labute approximate surface area is 181 Å². The lowest BCUT2D eigenvalue weighted by Gasteiger charge is -2.17. The lowest BCUT2D eigenvalue weighted by Crippen LogP contribution is -2.23. The number of anilines is 1. The van der Waals surface area contributed by atoms with Gasteiger partial charge in [-0.3, -0.25) is 14.1 Å². The Hall–Kier alpha value is -3.55. The number of carbonyl (C=O) groups excluding carboxylic acids is 1. The van der Waals surface area contributed by atoms with E-state index in [2.05, 4.69) is 33.7 Å². The molecule has 0 aliphatic heterocycles. The van der Waals surface area contributed by atoms with Gasteiger partial charge in [0.2, 0.25) is 0 Å². The third kappa shape index (κ3) is 4.33. The number of rotatable bonds is 7. The average molecular weight is 415 g/mol. The molecule has 0 atom stereocenters. The SMILES string of the molecule is Cc1c(NC(=O)c2ccc(CN(C)CCO)n3cnnc23)cccc1-c1ccccc1. The Morgan fingerprint density at radius 1 is 1.10 bits per heavy atom. The Morgan fingerprint density at radius 2 is 1.90 bits per heavy atom. The Kier molecular flexibility index (Phi) is 6.06. The molecule has 31 heavy (non-hydrogen) atoms. The molecule has 4 aromatic rings. The van der Waals surface area contributed by atoms with Gasteiger partial charge in [0.05, 0.1) is 12.2 Å². The molecule has 0 aliphatic rings. The first kappa shape index (κ1) is 20.7. The van der Waals surface area contributed by atoms with Gasteiger partial charge in [-0.1, -0.05) is 42.5 Å². The van der Waals surface area contributed by atoms with Crippen molar-refractivity contribution in [2.24, 2.45) is 0 Å². The summed E-state index contributed by atoms with van der Waals surface area (Å²) in [6, 6.07) is 19.7. The van der Waals surface area contributed by atoms with Crippen LogP contribution in [0.4, 0.5) is 5.69 Å². The van der Waals surface area contributed by atoms with E-state index in [0.29, 0.717) is 24.3 Å². The first-order chi connectivity index (χ1) is 15.1. The van der Waals surface area contributed by atoms with Crippen molar-refractivity contribution in [1.82, 2.24) is 19.5 Å². The molecule has 0 unspecified atom stereocenters. The number of nitrogens with zero attached hydrogens (tertiary/aromatic N) is 4. The zero-order chi connectivity index (χ0) is 21.8. The highest BCUT2D eigenvalue weighted by Gasteiger charge is 2.17. The summed E-state index contributed by atoms with van der Waals surface area (Å²) in [6.07, 6.45) is 1.61. The van der Waals surface area contributed by atoms with Crippen LogP contribution in [0.25, 0.3) is 16.8 Å². The molecule has 2 aromatic carbocycles. The van der Waals surface area contributed by atoms with Crippen LogP contribution in [0.5, 0.6) is 0 Å². The van der Waals surface area contributed by atoms with E-state index in [-0.39, 0.29) is 12.5 Å². The van der Waals surface area contributed by atoms with Crippen LogP contribution in [0.3, 0.4) is 0 Å². The number of nitrogens with one attached hydrogen (secondary N) is 1. The molecule has 0 bridgehead atoms. The molecule has 0 fully saturated rings. The molecule has 2 aromatic heterocycles. The molecular formula is C24H25N5O2. The average Bonchev–Trinajstić information content (AvgIpc) is 3.26. The molecule has 7 nitrogen and oxygen atoms in total. The number of likely N-dealkylation sites (N-methyl/N-ethyl adjacent to an activating group) is 1. The summed E-state index contributed by atoms with van der Waals surface area (Å²) in [6.45, 7) is 3.26. The summed E-state index contributed by atoms with van der Waals surface area (Å²) >= 11 is 0. The highest BCUT2D eigenvalue weighted by molar-refractivity contribution is 6.08. The highest BCUT2D eigenvalue weighted by Crippen LogP contribution is 2.29. The molecule has 0 saturated carbocycles. The van der Waals surface area contributed by atoms with E-state index in [0.717, 1.165) is 28.1 Å². The quantitative estimate of drug-likeness (QED) is 0.484. The minimum atomic E-state index is -0.235. The van der Waals surface area contributed by atoms with Gasteiger partial charge < -0.3 is 10.4 Å². The summed E-state index contributed by atoms with van der Waals surface area (Å²) in [5, 5.41) is 20.3. The molecule has 1 amide bonds. The number of pyridine rings is 1. The lowest BCUT2D eigenvalue weighted by atomic mass is 9.99. The Bertz CT molecular complexity index is 1200. The van der Waals surface area contributed by atoms with E-state index in [1.165, 1.54) is 0 Å². The van der Waals surface area contributed by atoms with Crippen LogP contribution >= 0.6 is 0 Å². The van der Waals surface area contributed by atoms with Gasteiger partial charge in [-0.15, -0.1) is 10.2 Å². The number of aliphatic hydroxyl groups excluding tert-OH is 1. The number of aromatic nitrogens is 3. The molecule has 4 rings (SSSR count). The van der Waals surface area contributed by atoms with Gasteiger partial charge in [0, 0.05) is 24.5 Å². The topological polar surface area (TPSA) is 82.8 Å². The van der Waals surface area contributed by atoms with Crippen molar-refractivity contribution in [2.75, 3.05) is 25.5 Å². The largest absolute Gasteiger partial charge is 0.395 e. The smallest absolute Gasteiger partial charge is 0.259 e. The zero-order valence-corrected chi connectivity index (χ0v) is 17.6. The second kappa shape index (κ2) is 9.07. The second-order valence-electron chi connectivity index (χ2n) is 7.52. The van der Waals surface area contributed by atoms with Crippen molar-refractivity contribution >= 4 is 17.2 Å². The van der Waals surface area contributed by atoms with Crippen LogP contribution in [-0.4, -0.2) is 50.7 Å². The number of amides is 1. The standard InChI is InChI=1S/C24H25N5O2/c1-17-20(18-7-4-3-5-8-18)9-6-10-22(17)26-24(31)21-12-11-19(15-28(2)13-14-30)29-16-25-27-23(21)29/h3-12,16,30H,13-15H2,1-2H3,(H,26,31). The number of carbonyl (C=O) groups is 1. The number of fused-ring (bicyclic) bond motifs is 1. The molecule has 0 spiro atoms. The van der Waals surface area contributed by atoms with Crippen LogP contribution < -0.4 is 5.32 Å². The van der Waals surface area contributed by atoms with Gasteiger partial charge in [-0.25, -0.2) is 0 Å². The van der Waals surface area contributed by atoms with Crippen molar-refractivity contribution in [2.45, 2.75) is 13.5 Å². The Morgan fingerprint density at radius 3 is 2.68 bits per heavy atom. The van der Waals surface area contributed by atoms with Crippen molar-refractivity contribution < 1.29 is 9.90 Å². The predicted molar refractivity (Wildman–Crippen MR) is 121 cm³/mol. The van der Waals surface area contributed by atoms with Gasteiger partial charge >= 0.3 is 0 Å². The minimum Gasteiger partial charge on any atom is -0.395 e. The van der Waals surface area contributed by atoms with Crippen LogP contribution in [0.1, 0.15) is 21.6 Å². The zero-order valence-electron chi connectivity index (χ0n) is 17.6. The molecule has 0 aliphatic carbocycles. The van der Waals surface area contributed by atoms with Gasteiger partial charge in [0.15, 0.2) is 5.65 Å². The number of hydrogen-bond acceptors (Lipinski definition) is 5. The lowest BCUT2D eigenvalue weighted by molar-refractivity contribution is 0.102. The monoisotopic (exact) mass is 415 g/mol. The van der Waals surface area contributed by atoms with Crippen LogP contribution in [0.15, 0.2) is 67.0 Å². The van der Waals surface area contributed by atoms with E-state index in [4.69, 9.17) is 5.11 Å². The van der Waals surface area contributed by atoms with Crippen LogP contribution in [0, 0.1) is 6.92 Å².